The molecule has 2 aliphatic heterocycles. The van der Waals surface area contributed by atoms with Gasteiger partial charge in [-0.25, -0.2) is 20.0 Å². The highest BCUT2D eigenvalue weighted by molar-refractivity contribution is 7.54. The third-order valence-electron chi connectivity index (χ3n) is 7.53. The second-order valence-corrected chi connectivity index (χ2v) is 13.9. The summed E-state index contributed by atoms with van der Waals surface area (Å²) in [6.07, 6.45) is -2.23. The molecule has 0 bridgehead atoms. The molecule has 46 heavy (non-hydrogen) atoms. The summed E-state index contributed by atoms with van der Waals surface area (Å²) in [4.78, 5) is 50.5. The molecular weight excluding hydrogens is 629 g/mol. The lowest BCUT2D eigenvalue weighted by Crippen LogP contribution is -2.46. The van der Waals surface area contributed by atoms with Crippen molar-refractivity contribution in [3.8, 4) is 5.88 Å². The maximum atomic E-state index is 14.5. The second-order valence-electron chi connectivity index (χ2n) is 12.0. The number of nitrogens with zero attached hydrogens (tertiary/aromatic N) is 4. The van der Waals surface area contributed by atoms with Gasteiger partial charge in [-0.15, -0.1) is 0 Å². The van der Waals surface area contributed by atoms with E-state index >= 15 is 0 Å². The number of aromatic nitrogens is 4. The van der Waals surface area contributed by atoms with E-state index in [4.69, 9.17) is 38.7 Å². The lowest BCUT2D eigenvalue weighted by molar-refractivity contribution is -0.143. The molecule has 2 saturated heterocycles. The molecule has 4 unspecified atom stereocenters. The summed E-state index contributed by atoms with van der Waals surface area (Å²) in [5.41, 5.74) is 4.98. The zero-order chi connectivity index (χ0) is 34.0. The number of esters is 2. The van der Waals surface area contributed by atoms with E-state index in [1.54, 1.807) is 6.92 Å². The second kappa shape index (κ2) is 14.0. The Hall–Kier alpha value is -3.57. The van der Waals surface area contributed by atoms with E-state index in [1.807, 2.05) is 27.7 Å². The first-order chi connectivity index (χ1) is 21.6. The number of nitrogen functional groups attached to an aromatic ring is 1. The molecule has 19 heteroatoms. The molecule has 4 heterocycles. The number of hydrogen-bond acceptors (Lipinski definition) is 15. The SMILES string of the molecule is COC(=O)C(CC(C)C)NP(=O)(NC(CC(C)C)C(=O)OC)OC[C@H]1O[C@@H](n2cnc3c(OC)nc(N)nc32)C2(C)OC(=O)OC12. The Labute approximate surface area is 265 Å². The monoisotopic (exact) mass is 671 g/mol. The van der Waals surface area contributed by atoms with Crippen molar-refractivity contribution in [3.05, 3.63) is 6.33 Å². The molecule has 2 fully saturated rings. The van der Waals surface area contributed by atoms with Crippen molar-refractivity contribution in [2.24, 2.45) is 11.8 Å². The number of fused-ring (bicyclic) bond motifs is 2. The van der Waals surface area contributed by atoms with Crippen LogP contribution in [0.3, 0.4) is 0 Å². The van der Waals surface area contributed by atoms with Gasteiger partial charge in [0.15, 0.2) is 29.1 Å². The van der Waals surface area contributed by atoms with E-state index in [-0.39, 0.29) is 47.7 Å². The van der Waals surface area contributed by atoms with Crippen molar-refractivity contribution in [1.82, 2.24) is 29.7 Å². The number of ether oxygens (including phenoxy) is 6. The zero-order valence-corrected chi connectivity index (χ0v) is 27.9. The summed E-state index contributed by atoms with van der Waals surface area (Å²) >= 11 is 0. The fourth-order valence-electron chi connectivity index (χ4n) is 5.51. The highest BCUT2D eigenvalue weighted by Gasteiger charge is 2.64. The number of rotatable bonds is 15. The summed E-state index contributed by atoms with van der Waals surface area (Å²) in [7, 11) is -0.450. The van der Waals surface area contributed by atoms with Gasteiger partial charge in [0.2, 0.25) is 11.8 Å². The van der Waals surface area contributed by atoms with E-state index in [0.717, 1.165) is 0 Å². The molecule has 4 rings (SSSR count). The first-order valence-corrected chi connectivity index (χ1v) is 16.3. The molecule has 0 saturated carbocycles. The van der Waals surface area contributed by atoms with E-state index in [1.165, 1.54) is 32.2 Å². The van der Waals surface area contributed by atoms with Gasteiger partial charge in [0.25, 0.3) is 0 Å². The molecule has 18 nitrogen and oxygen atoms in total. The average Bonchev–Trinajstić information content (AvgIpc) is 3.62. The van der Waals surface area contributed by atoms with Crippen LogP contribution >= 0.6 is 7.67 Å². The minimum Gasteiger partial charge on any atom is -0.479 e. The smallest absolute Gasteiger partial charge is 0.479 e. The van der Waals surface area contributed by atoms with Crippen molar-refractivity contribution >= 4 is 42.9 Å². The first-order valence-electron chi connectivity index (χ1n) is 14.7. The number of nitrogens with two attached hydrogens (primary N) is 1. The van der Waals surface area contributed by atoms with Gasteiger partial charge in [0, 0.05) is 0 Å². The van der Waals surface area contributed by atoms with E-state index in [9.17, 15) is 18.9 Å². The lowest BCUT2D eigenvalue weighted by Gasteiger charge is -2.30. The van der Waals surface area contributed by atoms with Crippen LogP contribution in [-0.2, 0) is 42.4 Å². The van der Waals surface area contributed by atoms with Crippen LogP contribution in [0.15, 0.2) is 6.33 Å². The third kappa shape index (κ3) is 7.36. The van der Waals surface area contributed by atoms with Crippen LogP contribution in [0.4, 0.5) is 10.7 Å². The molecule has 2 aromatic heterocycles. The normalized spacial score (nSPS) is 25.1. The van der Waals surface area contributed by atoms with Gasteiger partial charge in [0.1, 0.15) is 18.2 Å². The van der Waals surface area contributed by atoms with Crippen LogP contribution in [0.25, 0.3) is 11.2 Å². The Morgan fingerprint density at radius 1 is 1.07 bits per heavy atom. The van der Waals surface area contributed by atoms with Gasteiger partial charge < -0.3 is 38.7 Å². The van der Waals surface area contributed by atoms with Gasteiger partial charge in [-0.3, -0.25) is 18.7 Å². The van der Waals surface area contributed by atoms with Crippen molar-refractivity contribution in [3.63, 3.8) is 0 Å². The van der Waals surface area contributed by atoms with E-state index in [2.05, 4.69) is 25.1 Å². The fourth-order valence-corrected chi connectivity index (χ4v) is 7.33. The van der Waals surface area contributed by atoms with Crippen molar-refractivity contribution in [2.75, 3.05) is 33.7 Å². The number of imidazole rings is 1. The Kier molecular flexibility index (Phi) is 10.8. The zero-order valence-electron chi connectivity index (χ0n) is 27.0. The Balaban J connectivity index is 1.67. The highest BCUT2D eigenvalue weighted by atomic mass is 31.2. The quantitative estimate of drug-likeness (QED) is 0.140. The Morgan fingerprint density at radius 2 is 1.65 bits per heavy atom. The number of hydrogen-bond donors (Lipinski definition) is 3. The van der Waals surface area contributed by atoms with Crippen LogP contribution in [0.5, 0.6) is 5.88 Å². The van der Waals surface area contributed by atoms with Gasteiger partial charge in [-0.05, 0) is 31.6 Å². The molecule has 2 aliphatic rings. The molecular formula is C27H42N7O11P. The van der Waals surface area contributed by atoms with Crippen LogP contribution in [0.1, 0.15) is 53.7 Å². The molecule has 0 amide bonds. The summed E-state index contributed by atoms with van der Waals surface area (Å²) in [6, 6.07) is -2.12. The predicted octanol–water partition coefficient (Wildman–Crippen LogP) is 2.09. The largest absolute Gasteiger partial charge is 0.509 e. The summed E-state index contributed by atoms with van der Waals surface area (Å²) in [6.45, 7) is 8.67. The highest BCUT2D eigenvalue weighted by Crippen LogP contribution is 2.49. The molecule has 2 aromatic rings. The van der Waals surface area contributed by atoms with Crippen LogP contribution in [0, 0.1) is 11.8 Å². The minimum atomic E-state index is -4.28. The predicted molar refractivity (Wildman–Crippen MR) is 160 cm³/mol. The van der Waals surface area contributed by atoms with Gasteiger partial charge in [-0.1, -0.05) is 27.7 Å². The molecule has 0 spiro atoms. The van der Waals surface area contributed by atoms with Crippen LogP contribution < -0.4 is 20.6 Å². The fraction of sp³-hybridized carbons (Fsp3) is 0.704. The Bertz CT molecular complexity index is 1450. The maximum Gasteiger partial charge on any atom is 0.509 e. The van der Waals surface area contributed by atoms with Gasteiger partial charge in [-0.2, -0.15) is 9.97 Å². The first kappa shape index (κ1) is 35.3. The molecule has 6 atom stereocenters. The number of carbonyl (C=O) groups is 3. The van der Waals surface area contributed by atoms with Gasteiger partial charge in [0.05, 0.1) is 34.3 Å². The average molecular weight is 672 g/mol. The number of methoxy groups -OCH3 is 3. The topological polar surface area (TPSA) is 227 Å². The molecule has 0 aliphatic carbocycles. The number of carbonyl (C=O) groups excluding carboxylic acids is 3. The number of anilines is 1. The van der Waals surface area contributed by atoms with Crippen LogP contribution in [-0.4, -0.2) is 95.4 Å². The summed E-state index contributed by atoms with van der Waals surface area (Å²) in [5.74, 6) is -1.33. The summed E-state index contributed by atoms with van der Waals surface area (Å²) in [5, 5.41) is 5.53. The number of nitrogens with one attached hydrogen (secondary N) is 2. The third-order valence-corrected chi connectivity index (χ3v) is 9.35. The molecule has 4 N–H and O–H groups in total. The van der Waals surface area contributed by atoms with E-state index in [0.29, 0.717) is 0 Å². The maximum absolute atomic E-state index is 14.5. The van der Waals surface area contributed by atoms with E-state index < -0.39 is 68.5 Å². The van der Waals surface area contributed by atoms with Crippen LogP contribution in [0.2, 0.25) is 0 Å². The standard InChI is InChI=1S/C27H42N7O11P/c1-13(2)9-15(22(35)40-7)32-46(38,33-16(10-14(3)4)23(36)41-8)42-11-17-19-27(5,45-26(37)44-19)24(43-17)34-12-29-18-20(34)30-25(28)31-21(18)39-6/h12-17,19,24H,9-11H2,1-8H3,(H2,28,30,31)(H2,32,33,38)/t15?,16?,17-,19?,24-,27?,46?/m1/s1. The molecule has 256 valence electrons. The molecule has 0 radical (unpaired) electrons. The molecule has 0 aromatic carbocycles. The van der Waals surface area contributed by atoms with Crippen molar-refractivity contribution in [1.29, 1.82) is 0 Å². The lowest BCUT2D eigenvalue weighted by atomic mass is 9.96. The Morgan fingerprint density at radius 3 is 2.17 bits per heavy atom. The van der Waals surface area contributed by atoms with Gasteiger partial charge >= 0.3 is 25.8 Å². The van der Waals surface area contributed by atoms with Crippen molar-refractivity contribution in [2.45, 2.75) is 83.6 Å². The minimum absolute atomic E-state index is 0.00623. The van der Waals surface area contributed by atoms with Crippen molar-refractivity contribution < 1.29 is 51.9 Å². The summed E-state index contributed by atoms with van der Waals surface area (Å²) < 4.78 is 54.5.